The summed E-state index contributed by atoms with van der Waals surface area (Å²) in [6, 6.07) is 9.86. The third-order valence-electron chi connectivity index (χ3n) is 5.66. The highest BCUT2D eigenvalue weighted by atomic mass is 16.5. The summed E-state index contributed by atoms with van der Waals surface area (Å²) in [5.74, 6) is 0.978. The molecule has 0 saturated carbocycles. The summed E-state index contributed by atoms with van der Waals surface area (Å²) in [6.45, 7) is 3.59. The van der Waals surface area contributed by atoms with Gasteiger partial charge in [-0.05, 0) is 50.9 Å². The Hall–Kier alpha value is -2.08. The first-order chi connectivity index (χ1) is 13.1. The minimum absolute atomic E-state index is 0.0716. The van der Waals surface area contributed by atoms with E-state index in [0.29, 0.717) is 25.6 Å². The summed E-state index contributed by atoms with van der Waals surface area (Å²) in [6.07, 6.45) is 4.13. The molecule has 27 heavy (non-hydrogen) atoms. The van der Waals surface area contributed by atoms with Crippen molar-refractivity contribution < 1.29 is 14.3 Å². The molecular formula is C21H31N3O3. The predicted octanol–water partition coefficient (Wildman–Crippen LogP) is 1.90. The molecule has 6 heteroatoms. The Morgan fingerprint density at radius 2 is 1.93 bits per heavy atom. The average molecular weight is 373 g/mol. The summed E-state index contributed by atoms with van der Waals surface area (Å²) < 4.78 is 5.63. The number of carbonyl (C=O) groups is 2. The molecule has 1 N–H and O–H groups in total. The molecule has 1 aromatic rings. The second kappa shape index (κ2) is 9.74. The minimum Gasteiger partial charge on any atom is -0.493 e. The molecule has 2 aliphatic heterocycles. The van der Waals surface area contributed by atoms with Crippen molar-refractivity contribution in [1.82, 2.24) is 15.1 Å². The number of likely N-dealkylation sites (tertiary alicyclic amines) is 1. The highest BCUT2D eigenvalue weighted by Gasteiger charge is 2.32. The topological polar surface area (TPSA) is 61.9 Å². The van der Waals surface area contributed by atoms with Crippen LogP contribution in [-0.2, 0) is 9.59 Å². The molecular weight excluding hydrogens is 342 g/mol. The molecule has 1 atom stereocenters. The van der Waals surface area contributed by atoms with Crippen LogP contribution in [0.5, 0.6) is 5.75 Å². The quantitative estimate of drug-likeness (QED) is 0.827. The van der Waals surface area contributed by atoms with Crippen LogP contribution < -0.4 is 10.1 Å². The van der Waals surface area contributed by atoms with Crippen molar-refractivity contribution in [3.8, 4) is 5.75 Å². The third-order valence-corrected chi connectivity index (χ3v) is 5.66. The van der Waals surface area contributed by atoms with Gasteiger partial charge in [0.05, 0.1) is 18.9 Å². The number of nitrogens with zero attached hydrogens (tertiary/aromatic N) is 2. The van der Waals surface area contributed by atoms with Crippen LogP contribution in [0.3, 0.4) is 0 Å². The van der Waals surface area contributed by atoms with Crippen molar-refractivity contribution in [3.63, 3.8) is 0 Å². The predicted molar refractivity (Wildman–Crippen MR) is 105 cm³/mol. The Kier molecular flexibility index (Phi) is 7.10. The average Bonchev–Trinajstić information content (AvgIpc) is 2.74. The second-order valence-electron chi connectivity index (χ2n) is 7.52. The first-order valence-corrected chi connectivity index (χ1v) is 10.1. The molecule has 3 rings (SSSR count). The smallest absolute Gasteiger partial charge is 0.227 e. The lowest BCUT2D eigenvalue weighted by molar-refractivity contribution is -0.142. The van der Waals surface area contributed by atoms with E-state index in [-0.39, 0.29) is 17.7 Å². The maximum absolute atomic E-state index is 12.9. The largest absolute Gasteiger partial charge is 0.493 e. The van der Waals surface area contributed by atoms with Crippen molar-refractivity contribution in [3.05, 3.63) is 30.3 Å². The molecule has 148 valence electrons. The van der Waals surface area contributed by atoms with Crippen LogP contribution in [0, 0.1) is 5.92 Å². The zero-order valence-corrected chi connectivity index (χ0v) is 16.2. The zero-order valence-electron chi connectivity index (χ0n) is 16.2. The number of amides is 2. The van der Waals surface area contributed by atoms with Crippen LogP contribution in [0.25, 0.3) is 0 Å². The van der Waals surface area contributed by atoms with Crippen LogP contribution in [-0.4, -0.2) is 67.5 Å². The van der Waals surface area contributed by atoms with Crippen LogP contribution >= 0.6 is 0 Å². The highest BCUT2D eigenvalue weighted by molar-refractivity contribution is 5.81. The number of benzene rings is 1. The summed E-state index contributed by atoms with van der Waals surface area (Å²) in [4.78, 5) is 29.2. The van der Waals surface area contributed by atoms with E-state index in [0.717, 1.165) is 51.1 Å². The van der Waals surface area contributed by atoms with Gasteiger partial charge < -0.3 is 19.9 Å². The summed E-state index contributed by atoms with van der Waals surface area (Å²) >= 11 is 0. The molecule has 2 amide bonds. The van der Waals surface area contributed by atoms with Crippen LogP contribution in [0.2, 0.25) is 0 Å². The van der Waals surface area contributed by atoms with Crippen LogP contribution in [0.1, 0.15) is 32.1 Å². The van der Waals surface area contributed by atoms with Crippen molar-refractivity contribution in [2.24, 2.45) is 5.92 Å². The Morgan fingerprint density at radius 1 is 1.19 bits per heavy atom. The van der Waals surface area contributed by atoms with E-state index < -0.39 is 0 Å². The molecule has 6 nitrogen and oxygen atoms in total. The number of para-hydroxylation sites is 1. The van der Waals surface area contributed by atoms with Crippen LogP contribution in [0.15, 0.2) is 30.3 Å². The second-order valence-corrected chi connectivity index (χ2v) is 7.52. The Bertz CT molecular complexity index is 616. The Morgan fingerprint density at radius 3 is 2.67 bits per heavy atom. The zero-order chi connectivity index (χ0) is 19.1. The molecule has 2 aliphatic rings. The van der Waals surface area contributed by atoms with Crippen molar-refractivity contribution in [1.29, 1.82) is 0 Å². The summed E-state index contributed by atoms with van der Waals surface area (Å²) in [7, 11) is 1.92. The van der Waals surface area contributed by atoms with E-state index in [1.807, 2.05) is 47.2 Å². The third kappa shape index (κ3) is 5.45. The maximum atomic E-state index is 12.9. The number of nitrogens with one attached hydrogen (secondary N) is 1. The molecule has 0 aliphatic carbocycles. The van der Waals surface area contributed by atoms with E-state index >= 15 is 0 Å². The van der Waals surface area contributed by atoms with Gasteiger partial charge in [-0.25, -0.2) is 0 Å². The van der Waals surface area contributed by atoms with Crippen molar-refractivity contribution in [2.75, 3.05) is 39.8 Å². The van der Waals surface area contributed by atoms with Crippen molar-refractivity contribution >= 4 is 11.8 Å². The monoisotopic (exact) mass is 373 g/mol. The number of ether oxygens (including phenoxy) is 1. The van der Waals surface area contributed by atoms with E-state index in [9.17, 15) is 9.59 Å². The molecule has 2 saturated heterocycles. The van der Waals surface area contributed by atoms with Crippen molar-refractivity contribution in [2.45, 2.75) is 38.1 Å². The van der Waals surface area contributed by atoms with E-state index in [4.69, 9.17) is 4.74 Å². The number of carbonyl (C=O) groups excluding carboxylic acids is 2. The van der Waals surface area contributed by atoms with Gasteiger partial charge in [0.1, 0.15) is 5.75 Å². The lowest BCUT2D eigenvalue weighted by atomic mass is 9.94. The number of rotatable bonds is 6. The van der Waals surface area contributed by atoms with Gasteiger partial charge in [-0.2, -0.15) is 0 Å². The van der Waals surface area contributed by atoms with Gasteiger partial charge in [-0.3, -0.25) is 9.59 Å². The van der Waals surface area contributed by atoms with E-state index in [1.165, 1.54) is 0 Å². The lowest BCUT2D eigenvalue weighted by Gasteiger charge is -2.37. The molecule has 2 fully saturated rings. The highest BCUT2D eigenvalue weighted by Crippen LogP contribution is 2.22. The Balaban J connectivity index is 1.46. The van der Waals surface area contributed by atoms with Gasteiger partial charge in [-0.1, -0.05) is 18.2 Å². The maximum Gasteiger partial charge on any atom is 0.227 e. The molecule has 0 spiro atoms. The fourth-order valence-corrected chi connectivity index (χ4v) is 4.00. The van der Waals surface area contributed by atoms with Gasteiger partial charge in [0, 0.05) is 26.2 Å². The van der Waals surface area contributed by atoms with Gasteiger partial charge in [0.2, 0.25) is 11.8 Å². The number of hydrogen-bond acceptors (Lipinski definition) is 4. The fourth-order valence-electron chi connectivity index (χ4n) is 4.00. The van der Waals surface area contributed by atoms with Gasteiger partial charge in [0.15, 0.2) is 0 Å². The summed E-state index contributed by atoms with van der Waals surface area (Å²) in [5.41, 5.74) is 0. The number of piperidine rings is 2. The van der Waals surface area contributed by atoms with Gasteiger partial charge >= 0.3 is 0 Å². The molecule has 0 radical (unpaired) electrons. The van der Waals surface area contributed by atoms with Crippen LogP contribution in [0.4, 0.5) is 0 Å². The number of hydrogen-bond donors (Lipinski definition) is 1. The van der Waals surface area contributed by atoms with E-state index in [1.54, 1.807) is 0 Å². The van der Waals surface area contributed by atoms with Gasteiger partial charge in [-0.15, -0.1) is 0 Å². The van der Waals surface area contributed by atoms with Gasteiger partial charge in [0.25, 0.3) is 0 Å². The SMILES string of the molecule is CN(C(=O)C1CCCN(C(=O)CCOc2ccccc2)C1)C1CCNCC1. The molecule has 1 unspecified atom stereocenters. The fraction of sp³-hybridized carbons (Fsp3) is 0.619. The molecule has 1 aromatic carbocycles. The minimum atomic E-state index is -0.0716. The lowest BCUT2D eigenvalue weighted by Crippen LogP contribution is -2.50. The normalized spacial score (nSPS) is 20.9. The Labute approximate surface area is 161 Å². The first kappa shape index (κ1) is 19.7. The molecule has 0 bridgehead atoms. The summed E-state index contributed by atoms with van der Waals surface area (Å²) in [5, 5.41) is 3.34. The molecule has 0 aromatic heterocycles. The van der Waals surface area contributed by atoms with E-state index in [2.05, 4.69) is 5.32 Å². The molecule has 2 heterocycles. The first-order valence-electron chi connectivity index (χ1n) is 10.1. The standard InChI is InChI=1S/C21H31N3O3/c1-23(18-9-12-22-13-10-18)21(26)17-6-5-14-24(16-17)20(25)11-15-27-19-7-3-2-4-8-19/h2-4,7-8,17-18,22H,5-6,9-16H2,1H3.